The molecule has 0 atom stereocenters. The van der Waals surface area contributed by atoms with Crippen LogP contribution in [0.2, 0.25) is 0 Å². The van der Waals surface area contributed by atoms with Crippen LogP contribution in [0.4, 0.5) is 4.39 Å². The first-order valence-electron chi connectivity index (χ1n) is 7.98. The first-order valence-corrected chi connectivity index (χ1v) is 8.39. The number of benzene rings is 2. The number of hydrogen-bond acceptors (Lipinski definition) is 4. The molecule has 2 heterocycles. The lowest BCUT2D eigenvalue weighted by atomic mass is 10.0. The van der Waals surface area contributed by atoms with Gasteiger partial charge in [-0.1, -0.05) is 36.5 Å². The van der Waals surface area contributed by atoms with E-state index in [1.165, 1.54) is 6.07 Å². The van der Waals surface area contributed by atoms with Crippen LogP contribution in [0.3, 0.4) is 0 Å². The fourth-order valence-corrected chi connectivity index (χ4v) is 3.14. The molecule has 0 radical (unpaired) electrons. The number of nitrogens with zero attached hydrogens (tertiary/aromatic N) is 1. The number of aromatic amines is 1. The molecular formula is C19H15FN2O2S. The van der Waals surface area contributed by atoms with Gasteiger partial charge in [-0.2, -0.15) is 0 Å². The van der Waals surface area contributed by atoms with Crippen molar-refractivity contribution in [3.8, 4) is 28.8 Å². The maximum Gasteiger partial charge on any atom is 0.205 e. The van der Waals surface area contributed by atoms with E-state index in [-0.39, 0.29) is 5.82 Å². The average molecular weight is 354 g/mol. The Morgan fingerprint density at radius 3 is 2.88 bits per heavy atom. The molecule has 0 fully saturated rings. The summed E-state index contributed by atoms with van der Waals surface area (Å²) in [4.78, 5) is 7.43. The molecule has 2 aromatic carbocycles. The summed E-state index contributed by atoms with van der Waals surface area (Å²) in [5, 5.41) is 0. The van der Waals surface area contributed by atoms with E-state index >= 15 is 0 Å². The van der Waals surface area contributed by atoms with Crippen molar-refractivity contribution in [2.75, 3.05) is 6.61 Å². The van der Waals surface area contributed by atoms with Crippen LogP contribution >= 0.6 is 12.2 Å². The van der Waals surface area contributed by atoms with Gasteiger partial charge < -0.3 is 14.5 Å². The van der Waals surface area contributed by atoms with Crippen LogP contribution in [0.1, 0.15) is 18.1 Å². The van der Waals surface area contributed by atoms with Gasteiger partial charge in [0.05, 0.1) is 17.7 Å². The molecule has 0 saturated carbocycles. The molecule has 0 unspecified atom stereocenters. The van der Waals surface area contributed by atoms with E-state index in [9.17, 15) is 4.39 Å². The smallest absolute Gasteiger partial charge is 0.205 e. The monoisotopic (exact) mass is 354 g/mol. The molecule has 0 bridgehead atoms. The first kappa shape index (κ1) is 15.8. The van der Waals surface area contributed by atoms with Crippen LogP contribution in [0.15, 0.2) is 42.5 Å². The summed E-state index contributed by atoms with van der Waals surface area (Å²) in [6.07, 6.45) is 0.589. The Morgan fingerprint density at radius 1 is 1.24 bits per heavy atom. The Kier molecular flexibility index (Phi) is 3.97. The number of halogens is 1. The van der Waals surface area contributed by atoms with Crippen molar-refractivity contribution in [2.45, 2.75) is 13.3 Å². The van der Waals surface area contributed by atoms with Gasteiger partial charge in [0.2, 0.25) is 5.88 Å². The molecular weight excluding hydrogens is 339 g/mol. The summed E-state index contributed by atoms with van der Waals surface area (Å²) in [6.45, 7) is 2.46. The third kappa shape index (κ3) is 2.78. The molecule has 1 aliphatic rings. The number of nitrogens with one attached hydrogen (secondary N) is 1. The second kappa shape index (κ2) is 6.29. The summed E-state index contributed by atoms with van der Waals surface area (Å²) < 4.78 is 26.2. The Balaban J connectivity index is 1.83. The topological polar surface area (TPSA) is 47.1 Å². The van der Waals surface area contributed by atoms with Gasteiger partial charge in [-0.3, -0.25) is 0 Å². The number of rotatable bonds is 3. The number of H-pyrrole nitrogens is 1. The zero-order valence-corrected chi connectivity index (χ0v) is 14.3. The molecule has 1 N–H and O–H groups in total. The Morgan fingerprint density at radius 2 is 2.08 bits per heavy atom. The number of para-hydroxylation sites is 1. The second-order valence-electron chi connectivity index (χ2n) is 5.63. The summed E-state index contributed by atoms with van der Waals surface area (Å²) in [5.74, 6) is 1.80. The largest absolute Gasteiger partial charge is 0.490 e. The summed E-state index contributed by atoms with van der Waals surface area (Å²) in [6, 6.07) is 12.2. The summed E-state index contributed by atoms with van der Waals surface area (Å²) >= 11 is 5.42. The van der Waals surface area contributed by atoms with Gasteiger partial charge in [0.25, 0.3) is 0 Å². The highest BCUT2D eigenvalue weighted by atomic mass is 32.1. The molecule has 25 heavy (non-hydrogen) atoms. The zero-order chi connectivity index (χ0) is 17.4. The van der Waals surface area contributed by atoms with Crippen LogP contribution in [-0.2, 0) is 6.42 Å². The number of ether oxygens (including phenoxy) is 2. The molecule has 4 rings (SSSR count). The van der Waals surface area contributed by atoms with Gasteiger partial charge in [0.1, 0.15) is 16.3 Å². The van der Waals surface area contributed by atoms with Crippen molar-refractivity contribution in [3.63, 3.8) is 0 Å². The summed E-state index contributed by atoms with van der Waals surface area (Å²) in [5.41, 5.74) is 2.12. The SMILES string of the molecule is CCOc1cccc2c1Oc1[nH]c(-c3ccccc3F)nc(=S)c1C2. The Labute approximate surface area is 149 Å². The number of hydrogen-bond donors (Lipinski definition) is 1. The van der Waals surface area contributed by atoms with E-state index in [4.69, 9.17) is 21.7 Å². The van der Waals surface area contributed by atoms with Gasteiger partial charge in [0.15, 0.2) is 11.5 Å². The van der Waals surface area contributed by atoms with Gasteiger partial charge >= 0.3 is 0 Å². The van der Waals surface area contributed by atoms with Crippen LogP contribution in [-0.4, -0.2) is 16.6 Å². The number of aromatic nitrogens is 2. The van der Waals surface area contributed by atoms with Crippen molar-refractivity contribution in [2.24, 2.45) is 0 Å². The van der Waals surface area contributed by atoms with Crippen molar-refractivity contribution in [3.05, 3.63) is 64.0 Å². The third-order valence-corrected chi connectivity index (χ3v) is 4.38. The van der Waals surface area contributed by atoms with E-state index in [1.54, 1.807) is 18.2 Å². The Bertz CT molecular complexity index is 1020. The molecule has 0 aliphatic carbocycles. The van der Waals surface area contributed by atoms with Crippen LogP contribution < -0.4 is 9.47 Å². The molecule has 6 heteroatoms. The molecule has 126 valence electrons. The van der Waals surface area contributed by atoms with E-state index < -0.39 is 0 Å². The van der Waals surface area contributed by atoms with Crippen LogP contribution in [0.5, 0.6) is 17.4 Å². The van der Waals surface area contributed by atoms with Crippen molar-refractivity contribution in [1.82, 2.24) is 9.97 Å². The molecule has 1 aromatic heterocycles. The van der Waals surface area contributed by atoms with Crippen molar-refractivity contribution in [1.29, 1.82) is 0 Å². The van der Waals surface area contributed by atoms with E-state index in [0.717, 1.165) is 11.1 Å². The lowest BCUT2D eigenvalue weighted by Crippen LogP contribution is -2.09. The van der Waals surface area contributed by atoms with Gasteiger partial charge in [0, 0.05) is 12.0 Å². The highest BCUT2D eigenvalue weighted by Crippen LogP contribution is 2.42. The maximum absolute atomic E-state index is 14.1. The maximum atomic E-state index is 14.1. The van der Waals surface area contributed by atoms with Crippen molar-refractivity contribution >= 4 is 12.2 Å². The second-order valence-corrected chi connectivity index (χ2v) is 6.02. The fourth-order valence-electron chi connectivity index (χ4n) is 2.88. The standard InChI is InChI=1S/C19H15FN2O2S/c1-2-23-15-9-5-6-11-10-13-18(24-16(11)15)21-17(22-19(13)25)12-7-3-4-8-14(12)20/h3-9H,2,10H2,1H3,(H,21,22,25). The predicted octanol–water partition coefficient (Wildman–Crippen LogP) is 5.04. The normalized spacial score (nSPS) is 12.1. The molecule has 1 aliphatic heterocycles. The van der Waals surface area contributed by atoms with Crippen molar-refractivity contribution < 1.29 is 13.9 Å². The fraction of sp³-hybridized carbons (Fsp3) is 0.158. The van der Waals surface area contributed by atoms with Gasteiger partial charge in [-0.15, -0.1) is 0 Å². The van der Waals surface area contributed by atoms with E-state index in [2.05, 4.69) is 9.97 Å². The quantitative estimate of drug-likeness (QED) is 0.524. The summed E-state index contributed by atoms with van der Waals surface area (Å²) in [7, 11) is 0. The zero-order valence-electron chi connectivity index (χ0n) is 13.5. The lowest BCUT2D eigenvalue weighted by molar-refractivity contribution is 0.315. The predicted molar refractivity (Wildman–Crippen MR) is 95.3 cm³/mol. The first-order chi connectivity index (χ1) is 12.2. The minimum absolute atomic E-state index is 0.346. The van der Waals surface area contributed by atoms with E-state index in [0.29, 0.717) is 46.4 Å². The highest BCUT2D eigenvalue weighted by molar-refractivity contribution is 7.71. The third-order valence-electron chi connectivity index (χ3n) is 4.04. The van der Waals surface area contributed by atoms with Gasteiger partial charge in [-0.25, -0.2) is 9.37 Å². The lowest BCUT2D eigenvalue weighted by Gasteiger charge is -2.22. The minimum atomic E-state index is -0.369. The van der Waals surface area contributed by atoms with Crippen LogP contribution in [0, 0.1) is 10.5 Å². The molecule has 3 aromatic rings. The molecule has 0 saturated heterocycles. The average Bonchev–Trinajstić information content (AvgIpc) is 2.61. The molecule has 0 amide bonds. The molecule has 4 nitrogen and oxygen atoms in total. The van der Waals surface area contributed by atoms with E-state index in [1.807, 2.05) is 25.1 Å². The highest BCUT2D eigenvalue weighted by Gasteiger charge is 2.24. The number of fused-ring (bicyclic) bond motifs is 2. The van der Waals surface area contributed by atoms with Gasteiger partial charge in [-0.05, 0) is 25.1 Å². The minimum Gasteiger partial charge on any atom is -0.490 e. The Hall–Kier alpha value is -2.73. The van der Waals surface area contributed by atoms with Crippen LogP contribution in [0.25, 0.3) is 11.4 Å². The molecule has 0 spiro atoms.